The summed E-state index contributed by atoms with van der Waals surface area (Å²) >= 11 is 1.70. The van der Waals surface area contributed by atoms with E-state index in [1.165, 1.54) is 42.7 Å². The minimum absolute atomic E-state index is 0.273. The third-order valence-corrected chi connectivity index (χ3v) is 8.32. The van der Waals surface area contributed by atoms with Gasteiger partial charge in [0.15, 0.2) is 5.78 Å². The van der Waals surface area contributed by atoms with Gasteiger partial charge >= 0.3 is 0 Å². The van der Waals surface area contributed by atoms with Crippen LogP contribution in [0, 0.1) is 11.8 Å². The number of benzene rings is 1. The summed E-state index contributed by atoms with van der Waals surface area (Å²) in [6.45, 7) is 3.23. The fourth-order valence-electron chi connectivity index (χ4n) is 5.32. The van der Waals surface area contributed by atoms with Gasteiger partial charge in [0.1, 0.15) is 0 Å². The molecule has 2 aromatic heterocycles. The summed E-state index contributed by atoms with van der Waals surface area (Å²) in [7, 11) is 1.70. The number of carbonyl (C=O) groups is 1. The molecule has 3 aromatic rings. The highest BCUT2D eigenvalue weighted by molar-refractivity contribution is 7.13. The van der Waals surface area contributed by atoms with Gasteiger partial charge in [-0.05, 0) is 56.2 Å². The van der Waals surface area contributed by atoms with Crippen LogP contribution in [0.4, 0.5) is 0 Å². The molecule has 5 nitrogen and oxygen atoms in total. The van der Waals surface area contributed by atoms with Crippen molar-refractivity contribution in [1.82, 2.24) is 14.9 Å². The largest absolute Gasteiger partial charge is 0.473 e. The Morgan fingerprint density at radius 3 is 2.84 bits per heavy atom. The first-order valence-electron chi connectivity index (χ1n) is 11.8. The van der Waals surface area contributed by atoms with E-state index >= 15 is 0 Å². The van der Waals surface area contributed by atoms with Crippen LogP contribution in [-0.4, -0.2) is 40.9 Å². The summed E-state index contributed by atoms with van der Waals surface area (Å²) in [4.78, 5) is 26.0. The highest BCUT2D eigenvalue weighted by atomic mass is 32.1. The van der Waals surface area contributed by atoms with Crippen LogP contribution in [-0.2, 0) is 13.0 Å². The van der Waals surface area contributed by atoms with Crippen LogP contribution >= 0.6 is 11.3 Å². The molecule has 6 heteroatoms. The van der Waals surface area contributed by atoms with E-state index in [4.69, 9.17) is 4.74 Å². The van der Waals surface area contributed by atoms with E-state index in [1.807, 2.05) is 30.3 Å². The number of hydrogen-bond acceptors (Lipinski definition) is 6. The van der Waals surface area contributed by atoms with Gasteiger partial charge in [-0.15, -0.1) is 0 Å². The van der Waals surface area contributed by atoms with Gasteiger partial charge in [-0.3, -0.25) is 14.7 Å². The summed E-state index contributed by atoms with van der Waals surface area (Å²) in [6, 6.07) is 9.81. The number of nitrogens with zero attached hydrogens (tertiary/aromatic N) is 3. The zero-order chi connectivity index (χ0) is 21.9. The molecule has 0 unspecified atom stereocenters. The molecule has 1 fully saturated rings. The van der Waals surface area contributed by atoms with Crippen molar-refractivity contribution in [3.8, 4) is 5.19 Å². The number of pyridine rings is 1. The van der Waals surface area contributed by atoms with Crippen LogP contribution < -0.4 is 4.74 Å². The molecule has 2 aliphatic rings. The molecule has 0 atom stereocenters. The maximum absolute atomic E-state index is 13.0. The number of Topliss-reactive ketones (excluding diaryl/α,β-unsaturated/α-hetero) is 1. The van der Waals surface area contributed by atoms with Gasteiger partial charge in [0.25, 0.3) is 5.19 Å². The monoisotopic (exact) mass is 449 g/mol. The Bertz CT molecular complexity index is 1080. The third-order valence-electron chi connectivity index (χ3n) is 7.20. The molecule has 3 heterocycles. The lowest BCUT2D eigenvalue weighted by Crippen LogP contribution is -2.32. The molecule has 1 aliphatic heterocycles. The molecule has 1 saturated carbocycles. The van der Waals surface area contributed by atoms with Crippen molar-refractivity contribution < 1.29 is 9.53 Å². The van der Waals surface area contributed by atoms with Crippen LogP contribution in [0.25, 0.3) is 10.9 Å². The highest BCUT2D eigenvalue weighted by Gasteiger charge is 2.26. The van der Waals surface area contributed by atoms with Crippen LogP contribution in [0.1, 0.15) is 59.5 Å². The third kappa shape index (κ3) is 4.71. The van der Waals surface area contributed by atoms with Crippen molar-refractivity contribution in [3.05, 3.63) is 52.7 Å². The Morgan fingerprint density at radius 2 is 2.00 bits per heavy atom. The van der Waals surface area contributed by atoms with Gasteiger partial charge in [-0.1, -0.05) is 42.4 Å². The highest BCUT2D eigenvalue weighted by Crippen LogP contribution is 2.35. The minimum Gasteiger partial charge on any atom is -0.473 e. The van der Waals surface area contributed by atoms with Crippen molar-refractivity contribution in [3.63, 3.8) is 0 Å². The molecule has 0 amide bonds. The van der Waals surface area contributed by atoms with Crippen molar-refractivity contribution >= 4 is 28.0 Å². The quantitative estimate of drug-likeness (QED) is 0.444. The second-order valence-corrected chi connectivity index (χ2v) is 10.3. The van der Waals surface area contributed by atoms with Crippen LogP contribution in [0.15, 0.2) is 36.5 Å². The topological polar surface area (TPSA) is 55.3 Å². The maximum Gasteiger partial charge on any atom is 0.273 e. The van der Waals surface area contributed by atoms with Gasteiger partial charge in [-0.2, -0.15) is 0 Å². The molecule has 168 valence electrons. The molecule has 1 aromatic carbocycles. The zero-order valence-corrected chi connectivity index (χ0v) is 19.6. The maximum atomic E-state index is 13.0. The van der Waals surface area contributed by atoms with Crippen LogP contribution in [0.2, 0.25) is 0 Å². The first-order chi connectivity index (χ1) is 15.7. The SMILES string of the molecule is COc1nc2c(s1)CCN(CCC1CCC(CC(=O)c3cccc4ncccc34)CC1)C2. The summed E-state index contributed by atoms with van der Waals surface area (Å²) in [5, 5.41) is 1.78. The van der Waals surface area contributed by atoms with Gasteiger partial charge in [0.05, 0.1) is 18.3 Å². The fourth-order valence-corrected chi connectivity index (χ4v) is 6.19. The normalized spacial score (nSPS) is 21.4. The molecule has 32 heavy (non-hydrogen) atoms. The summed E-state index contributed by atoms with van der Waals surface area (Å²) in [5.41, 5.74) is 2.95. The van der Waals surface area contributed by atoms with Crippen LogP contribution in [0.5, 0.6) is 5.19 Å². The van der Waals surface area contributed by atoms with Crippen LogP contribution in [0.3, 0.4) is 0 Å². The van der Waals surface area contributed by atoms with Gasteiger partial charge in [0.2, 0.25) is 0 Å². The minimum atomic E-state index is 0.273. The summed E-state index contributed by atoms with van der Waals surface area (Å²) in [5.74, 6) is 1.58. The predicted octanol–water partition coefficient (Wildman–Crippen LogP) is 5.53. The molecule has 1 aliphatic carbocycles. The number of rotatable bonds is 7. The lowest BCUT2D eigenvalue weighted by atomic mass is 9.78. The Morgan fingerprint density at radius 1 is 1.16 bits per heavy atom. The second-order valence-electron chi connectivity index (χ2n) is 9.26. The van der Waals surface area contributed by atoms with Crippen molar-refractivity contribution in [2.24, 2.45) is 11.8 Å². The summed E-state index contributed by atoms with van der Waals surface area (Å²) < 4.78 is 5.31. The Hall–Kier alpha value is -2.31. The average molecular weight is 450 g/mol. The van der Waals surface area contributed by atoms with Gasteiger partial charge in [0, 0.05) is 41.5 Å². The molecule has 0 saturated heterocycles. The number of hydrogen-bond donors (Lipinski definition) is 0. The predicted molar refractivity (Wildman–Crippen MR) is 128 cm³/mol. The van der Waals surface area contributed by atoms with E-state index in [-0.39, 0.29) is 5.78 Å². The van der Waals surface area contributed by atoms with E-state index in [1.54, 1.807) is 24.6 Å². The van der Waals surface area contributed by atoms with E-state index < -0.39 is 0 Å². The Balaban J connectivity index is 1.09. The lowest BCUT2D eigenvalue weighted by molar-refractivity contribution is 0.0941. The molecular formula is C26H31N3O2S. The summed E-state index contributed by atoms with van der Waals surface area (Å²) in [6.07, 6.45) is 9.65. The number of ether oxygens (including phenoxy) is 1. The number of fused-ring (bicyclic) bond motifs is 2. The van der Waals surface area contributed by atoms with E-state index in [2.05, 4.69) is 14.9 Å². The zero-order valence-electron chi connectivity index (χ0n) is 18.8. The number of thiazole rings is 1. The molecule has 0 bridgehead atoms. The Labute approximate surface area is 193 Å². The van der Waals surface area contributed by atoms with E-state index in [0.717, 1.165) is 53.6 Å². The lowest BCUT2D eigenvalue weighted by Gasteiger charge is -2.31. The van der Waals surface area contributed by atoms with E-state index in [9.17, 15) is 4.79 Å². The molecular weight excluding hydrogens is 418 g/mol. The second kappa shape index (κ2) is 9.67. The van der Waals surface area contributed by atoms with Crippen molar-refractivity contribution in [2.75, 3.05) is 20.2 Å². The number of methoxy groups -OCH3 is 1. The van der Waals surface area contributed by atoms with Crippen molar-refractivity contribution in [1.29, 1.82) is 0 Å². The number of carbonyl (C=O) groups excluding carboxylic acids is 1. The number of aromatic nitrogens is 2. The standard InChI is InChI=1S/C26H31N3O2S/c1-31-26-28-23-17-29(15-12-25(23)32-26)14-11-18-7-9-19(10-8-18)16-24(30)21-4-2-6-22-20(21)5-3-13-27-22/h2-6,13,18-19H,7-12,14-17H2,1H3. The van der Waals surface area contributed by atoms with Gasteiger partial charge in [-0.25, -0.2) is 4.98 Å². The Kier molecular flexibility index (Phi) is 6.51. The average Bonchev–Trinajstić information content (AvgIpc) is 3.26. The smallest absolute Gasteiger partial charge is 0.273 e. The van der Waals surface area contributed by atoms with Gasteiger partial charge < -0.3 is 4.74 Å². The molecule has 0 radical (unpaired) electrons. The molecule has 5 rings (SSSR count). The molecule has 0 N–H and O–H groups in total. The molecule has 0 spiro atoms. The van der Waals surface area contributed by atoms with E-state index in [0.29, 0.717) is 12.3 Å². The number of ketones is 1. The van der Waals surface area contributed by atoms with Crippen molar-refractivity contribution in [2.45, 2.75) is 51.5 Å². The first kappa shape index (κ1) is 21.5. The fraction of sp³-hybridized carbons (Fsp3) is 0.500. The first-order valence-corrected chi connectivity index (χ1v) is 12.6.